The summed E-state index contributed by atoms with van der Waals surface area (Å²) in [6.07, 6.45) is -4.98. The first-order valence-electron chi connectivity index (χ1n) is 8.48. The number of carboxylic acids is 1. The van der Waals surface area contributed by atoms with Crippen molar-refractivity contribution in [1.29, 1.82) is 0 Å². The molecular formula is C18H22F3N2NaO4. The summed E-state index contributed by atoms with van der Waals surface area (Å²) >= 11 is 0. The van der Waals surface area contributed by atoms with Gasteiger partial charge >= 0.3 is 41.8 Å². The van der Waals surface area contributed by atoms with Crippen molar-refractivity contribution >= 4 is 12.1 Å². The second-order valence-corrected chi connectivity index (χ2v) is 7.34. The minimum absolute atomic E-state index is 0. The number of carbonyl (C=O) groups excluding carboxylic acids is 2. The second kappa shape index (κ2) is 9.47. The Morgan fingerprint density at radius 3 is 1.93 bits per heavy atom. The van der Waals surface area contributed by atoms with Crippen LogP contribution < -0.4 is 34.7 Å². The predicted molar refractivity (Wildman–Crippen MR) is 88.6 cm³/mol. The van der Waals surface area contributed by atoms with Gasteiger partial charge < -0.3 is 19.5 Å². The van der Waals surface area contributed by atoms with E-state index in [1.54, 1.807) is 25.7 Å². The predicted octanol–water partition coefficient (Wildman–Crippen LogP) is -0.947. The van der Waals surface area contributed by atoms with Crippen molar-refractivity contribution in [2.45, 2.75) is 38.6 Å². The van der Waals surface area contributed by atoms with Crippen LogP contribution >= 0.6 is 0 Å². The number of hydrogen-bond donors (Lipinski definition) is 0. The standard InChI is InChI=1S/C18H23F3N2O4.Na/c1-17(2,3)27-16(26)23-10-8-22(9-11-23)14(15(24)25)12-4-6-13(7-5-12)18(19,20)21;/h4-7,14H,8-11H2,1-3H3,(H,24,25);/q;+1/p-1. The van der Waals surface area contributed by atoms with Crippen LogP contribution in [0.3, 0.4) is 0 Å². The first kappa shape index (κ1) is 24.7. The molecule has 0 bridgehead atoms. The number of benzene rings is 1. The number of rotatable bonds is 3. The van der Waals surface area contributed by atoms with Gasteiger partial charge in [-0.15, -0.1) is 0 Å². The molecule has 0 radical (unpaired) electrons. The van der Waals surface area contributed by atoms with E-state index in [0.717, 1.165) is 24.3 Å². The van der Waals surface area contributed by atoms with Crippen LogP contribution in [-0.4, -0.2) is 53.6 Å². The third-order valence-electron chi connectivity index (χ3n) is 4.11. The van der Waals surface area contributed by atoms with Crippen LogP contribution in [0.25, 0.3) is 0 Å². The molecule has 0 N–H and O–H groups in total. The van der Waals surface area contributed by atoms with Gasteiger partial charge in [-0.2, -0.15) is 13.2 Å². The number of aliphatic carboxylic acids is 1. The maximum absolute atomic E-state index is 12.7. The van der Waals surface area contributed by atoms with Gasteiger partial charge in [0, 0.05) is 26.2 Å². The van der Waals surface area contributed by atoms with Crippen molar-refractivity contribution in [2.24, 2.45) is 0 Å². The molecule has 1 saturated heterocycles. The van der Waals surface area contributed by atoms with Gasteiger partial charge in [-0.25, -0.2) is 4.79 Å². The molecule has 1 amide bonds. The van der Waals surface area contributed by atoms with Gasteiger partial charge in [0.1, 0.15) is 5.60 Å². The van der Waals surface area contributed by atoms with Crippen molar-refractivity contribution in [2.75, 3.05) is 26.2 Å². The molecule has 28 heavy (non-hydrogen) atoms. The van der Waals surface area contributed by atoms with Crippen LogP contribution in [-0.2, 0) is 15.7 Å². The molecule has 6 nitrogen and oxygen atoms in total. The average Bonchev–Trinajstić information content (AvgIpc) is 2.53. The summed E-state index contributed by atoms with van der Waals surface area (Å²) in [6, 6.07) is 2.80. The average molecular weight is 410 g/mol. The molecule has 0 saturated carbocycles. The second-order valence-electron chi connectivity index (χ2n) is 7.34. The minimum atomic E-state index is -4.49. The number of piperazine rings is 1. The van der Waals surface area contributed by atoms with Crippen LogP contribution in [0, 0.1) is 0 Å². The number of amides is 1. The Kier molecular flexibility index (Phi) is 8.37. The Hall–Kier alpha value is -1.29. The molecule has 1 aromatic carbocycles. The van der Waals surface area contributed by atoms with E-state index in [1.807, 2.05) is 0 Å². The van der Waals surface area contributed by atoms with E-state index in [-0.39, 0.29) is 61.3 Å². The Morgan fingerprint density at radius 1 is 1.04 bits per heavy atom. The molecule has 1 aliphatic heterocycles. The number of ether oxygens (including phenoxy) is 1. The van der Waals surface area contributed by atoms with Crippen LogP contribution in [0.2, 0.25) is 0 Å². The normalized spacial score (nSPS) is 16.9. The maximum atomic E-state index is 12.7. The van der Waals surface area contributed by atoms with Gasteiger partial charge in [0.25, 0.3) is 0 Å². The summed E-state index contributed by atoms with van der Waals surface area (Å²) in [4.78, 5) is 26.7. The molecule has 1 atom stereocenters. The van der Waals surface area contributed by atoms with E-state index in [0.29, 0.717) is 0 Å². The van der Waals surface area contributed by atoms with Gasteiger partial charge in [0.2, 0.25) is 0 Å². The molecule has 0 aliphatic carbocycles. The van der Waals surface area contributed by atoms with Gasteiger partial charge in [-0.3, -0.25) is 4.90 Å². The molecule has 150 valence electrons. The largest absolute Gasteiger partial charge is 1.00 e. The van der Waals surface area contributed by atoms with Crippen molar-refractivity contribution in [3.05, 3.63) is 35.4 Å². The third-order valence-corrected chi connectivity index (χ3v) is 4.11. The number of nitrogens with zero attached hydrogens (tertiary/aromatic N) is 2. The first-order valence-corrected chi connectivity index (χ1v) is 8.48. The number of alkyl halides is 3. The maximum Gasteiger partial charge on any atom is 1.00 e. The minimum Gasteiger partial charge on any atom is -0.548 e. The molecule has 1 fully saturated rings. The Balaban J connectivity index is 0.00000392. The van der Waals surface area contributed by atoms with E-state index in [4.69, 9.17) is 4.74 Å². The van der Waals surface area contributed by atoms with Gasteiger partial charge in [0.15, 0.2) is 0 Å². The van der Waals surface area contributed by atoms with Gasteiger partial charge in [-0.05, 0) is 38.5 Å². The molecule has 0 aromatic heterocycles. The third kappa shape index (κ3) is 6.65. The zero-order chi connectivity index (χ0) is 20.4. The van der Waals surface area contributed by atoms with E-state index in [2.05, 4.69) is 0 Å². The van der Waals surface area contributed by atoms with Gasteiger partial charge in [0.05, 0.1) is 17.6 Å². The van der Waals surface area contributed by atoms with Crippen molar-refractivity contribution in [3.63, 3.8) is 0 Å². The van der Waals surface area contributed by atoms with Crippen LogP contribution in [0.4, 0.5) is 18.0 Å². The molecule has 1 unspecified atom stereocenters. The fourth-order valence-corrected chi connectivity index (χ4v) is 2.84. The summed E-state index contributed by atoms with van der Waals surface area (Å²) in [6.45, 7) is 6.21. The summed E-state index contributed by atoms with van der Waals surface area (Å²) < 4.78 is 43.3. The van der Waals surface area contributed by atoms with Crippen molar-refractivity contribution in [3.8, 4) is 0 Å². The van der Waals surface area contributed by atoms with Crippen LogP contribution in [0.15, 0.2) is 24.3 Å². The topological polar surface area (TPSA) is 72.9 Å². The Morgan fingerprint density at radius 2 is 1.54 bits per heavy atom. The smallest absolute Gasteiger partial charge is 0.548 e. The Labute approximate surface area is 183 Å². The summed E-state index contributed by atoms with van der Waals surface area (Å²) in [5.74, 6) is -1.40. The van der Waals surface area contributed by atoms with Gasteiger partial charge in [-0.1, -0.05) is 12.1 Å². The molecule has 1 aromatic rings. The molecule has 2 rings (SSSR count). The zero-order valence-corrected chi connectivity index (χ0v) is 18.4. The van der Waals surface area contributed by atoms with E-state index in [9.17, 15) is 27.9 Å². The zero-order valence-electron chi connectivity index (χ0n) is 16.4. The Bertz CT molecular complexity index is 682. The SMILES string of the molecule is CC(C)(C)OC(=O)N1CCN(C(C(=O)[O-])c2ccc(C(F)(F)F)cc2)CC1.[Na+]. The number of carbonyl (C=O) groups is 2. The molecule has 0 spiro atoms. The number of carboxylic acid groups (broad SMARTS) is 1. The molecule has 1 heterocycles. The van der Waals surface area contributed by atoms with Crippen LogP contribution in [0.5, 0.6) is 0 Å². The monoisotopic (exact) mass is 410 g/mol. The van der Waals surface area contributed by atoms with E-state index < -0.39 is 35.4 Å². The number of halogens is 3. The quantitative estimate of drug-likeness (QED) is 0.602. The first-order chi connectivity index (χ1) is 12.4. The molecule has 1 aliphatic rings. The fraction of sp³-hybridized carbons (Fsp3) is 0.556. The summed E-state index contributed by atoms with van der Waals surface area (Å²) in [5, 5.41) is 11.6. The van der Waals surface area contributed by atoms with E-state index >= 15 is 0 Å². The van der Waals surface area contributed by atoms with Crippen molar-refractivity contribution in [1.82, 2.24) is 9.80 Å². The van der Waals surface area contributed by atoms with E-state index in [1.165, 1.54) is 4.90 Å². The number of hydrogen-bond acceptors (Lipinski definition) is 5. The molecule has 10 heteroatoms. The summed E-state index contributed by atoms with van der Waals surface area (Å²) in [5.41, 5.74) is -1.28. The summed E-state index contributed by atoms with van der Waals surface area (Å²) in [7, 11) is 0. The molecular weight excluding hydrogens is 388 g/mol. The van der Waals surface area contributed by atoms with Crippen molar-refractivity contribution < 1.29 is 62.2 Å². The van der Waals surface area contributed by atoms with Crippen LogP contribution in [0.1, 0.15) is 37.9 Å². The fourth-order valence-electron chi connectivity index (χ4n) is 2.84.